The van der Waals surface area contributed by atoms with Gasteiger partial charge in [0.2, 0.25) is 0 Å². The molecule has 1 aliphatic carbocycles. The van der Waals surface area contributed by atoms with Crippen molar-refractivity contribution in [3.63, 3.8) is 0 Å². The van der Waals surface area contributed by atoms with Crippen molar-refractivity contribution in [2.75, 3.05) is 17.6 Å². The Kier molecular flexibility index (Phi) is 3.14. The molecule has 0 aromatic heterocycles. The van der Waals surface area contributed by atoms with E-state index in [1.54, 1.807) is 0 Å². The minimum Gasteiger partial charge on any atom is -0.399 e. The molecule has 2 atom stereocenters. The van der Waals surface area contributed by atoms with Gasteiger partial charge in [-0.05, 0) is 42.5 Å². The second kappa shape index (κ2) is 4.56. The molecule has 1 aliphatic rings. The summed E-state index contributed by atoms with van der Waals surface area (Å²) in [5, 5.41) is 3.49. The van der Waals surface area contributed by atoms with Crippen LogP contribution in [-0.4, -0.2) is 6.54 Å². The van der Waals surface area contributed by atoms with Crippen LogP contribution in [0.4, 0.5) is 11.4 Å². The van der Waals surface area contributed by atoms with Gasteiger partial charge >= 0.3 is 0 Å². The molecule has 1 saturated carbocycles. The van der Waals surface area contributed by atoms with Crippen molar-refractivity contribution >= 4 is 11.4 Å². The fourth-order valence-electron chi connectivity index (χ4n) is 2.38. The minimum absolute atomic E-state index is 0.829. The number of rotatable bonds is 3. The Labute approximate surface area is 91.9 Å². The lowest BCUT2D eigenvalue weighted by Gasteiger charge is -2.16. The van der Waals surface area contributed by atoms with Crippen LogP contribution in [0, 0.1) is 11.8 Å². The molecule has 15 heavy (non-hydrogen) atoms. The van der Waals surface area contributed by atoms with Gasteiger partial charge in [-0.3, -0.25) is 0 Å². The molecule has 0 bridgehead atoms. The first kappa shape index (κ1) is 10.3. The third-order valence-electron chi connectivity index (χ3n) is 3.52. The van der Waals surface area contributed by atoms with Crippen LogP contribution in [0.3, 0.4) is 0 Å². The third kappa shape index (κ3) is 2.65. The summed E-state index contributed by atoms with van der Waals surface area (Å²) in [4.78, 5) is 0. The lowest BCUT2D eigenvalue weighted by atomic mass is 9.98. The summed E-state index contributed by atoms with van der Waals surface area (Å²) in [6.45, 7) is 3.47. The maximum atomic E-state index is 5.64. The van der Waals surface area contributed by atoms with Gasteiger partial charge in [0, 0.05) is 17.9 Å². The van der Waals surface area contributed by atoms with E-state index in [1.165, 1.54) is 24.9 Å². The van der Waals surface area contributed by atoms with E-state index in [1.807, 2.05) is 12.1 Å². The zero-order valence-electron chi connectivity index (χ0n) is 9.37. The van der Waals surface area contributed by atoms with E-state index in [4.69, 9.17) is 5.73 Å². The molecule has 1 fully saturated rings. The van der Waals surface area contributed by atoms with Gasteiger partial charge < -0.3 is 11.1 Å². The Hall–Kier alpha value is -1.18. The van der Waals surface area contributed by atoms with Gasteiger partial charge in [0.25, 0.3) is 0 Å². The van der Waals surface area contributed by atoms with E-state index < -0.39 is 0 Å². The zero-order valence-corrected chi connectivity index (χ0v) is 9.37. The molecule has 1 aromatic rings. The van der Waals surface area contributed by atoms with E-state index in [9.17, 15) is 0 Å². The van der Waals surface area contributed by atoms with E-state index in [2.05, 4.69) is 24.4 Å². The highest BCUT2D eigenvalue weighted by Gasteiger charge is 2.22. The molecule has 0 spiro atoms. The average molecular weight is 204 g/mol. The number of hydrogen-bond donors (Lipinski definition) is 2. The van der Waals surface area contributed by atoms with Crippen LogP contribution in [0.15, 0.2) is 24.3 Å². The Bertz CT molecular complexity index is 305. The fourth-order valence-corrected chi connectivity index (χ4v) is 2.38. The molecule has 3 N–H and O–H groups in total. The first-order valence-electron chi connectivity index (χ1n) is 5.85. The number of benzene rings is 1. The summed E-state index contributed by atoms with van der Waals surface area (Å²) in [7, 11) is 0. The monoisotopic (exact) mass is 204 g/mol. The van der Waals surface area contributed by atoms with E-state index in [-0.39, 0.29) is 0 Å². The van der Waals surface area contributed by atoms with Crippen molar-refractivity contribution in [1.82, 2.24) is 0 Å². The van der Waals surface area contributed by atoms with Crippen LogP contribution in [0.2, 0.25) is 0 Å². The highest BCUT2D eigenvalue weighted by atomic mass is 14.9. The molecule has 2 heteroatoms. The topological polar surface area (TPSA) is 38.0 Å². The van der Waals surface area contributed by atoms with Crippen LogP contribution >= 0.6 is 0 Å². The number of hydrogen-bond acceptors (Lipinski definition) is 2. The van der Waals surface area contributed by atoms with Crippen LogP contribution in [0.1, 0.15) is 26.2 Å². The summed E-state index contributed by atoms with van der Waals surface area (Å²) in [5.74, 6) is 1.73. The lowest BCUT2D eigenvalue weighted by Crippen LogP contribution is -2.16. The molecular weight excluding hydrogens is 184 g/mol. The molecule has 0 aliphatic heterocycles. The molecular formula is C13H20N2. The smallest absolute Gasteiger partial charge is 0.0341 e. The molecule has 0 heterocycles. The van der Waals surface area contributed by atoms with Gasteiger partial charge in [-0.25, -0.2) is 0 Å². The summed E-state index contributed by atoms with van der Waals surface area (Å²) in [6.07, 6.45) is 4.17. The van der Waals surface area contributed by atoms with Crippen LogP contribution < -0.4 is 11.1 Å². The number of nitrogen functional groups attached to an aromatic ring is 1. The third-order valence-corrected chi connectivity index (χ3v) is 3.52. The Morgan fingerprint density at radius 2 is 2.00 bits per heavy atom. The molecule has 2 unspecified atom stereocenters. The fraction of sp³-hybridized carbons (Fsp3) is 0.538. The minimum atomic E-state index is 0.829. The molecule has 0 radical (unpaired) electrons. The lowest BCUT2D eigenvalue weighted by molar-refractivity contribution is 0.440. The maximum Gasteiger partial charge on any atom is 0.0341 e. The average Bonchev–Trinajstić information content (AvgIpc) is 2.63. The molecule has 0 saturated heterocycles. The van der Waals surface area contributed by atoms with Crippen LogP contribution in [0.25, 0.3) is 0 Å². The normalized spacial score (nSPS) is 25.4. The summed E-state index contributed by atoms with van der Waals surface area (Å²) in [6, 6.07) is 7.99. The van der Waals surface area contributed by atoms with Crippen molar-refractivity contribution in [3.05, 3.63) is 24.3 Å². The number of nitrogens with one attached hydrogen (secondary N) is 1. The van der Waals surface area contributed by atoms with Crippen molar-refractivity contribution in [3.8, 4) is 0 Å². The van der Waals surface area contributed by atoms with Gasteiger partial charge in [0.15, 0.2) is 0 Å². The summed E-state index contributed by atoms with van der Waals surface area (Å²) in [5.41, 5.74) is 7.65. The predicted molar refractivity (Wildman–Crippen MR) is 65.8 cm³/mol. The second-order valence-electron chi connectivity index (χ2n) is 4.67. The van der Waals surface area contributed by atoms with E-state index in [0.717, 1.165) is 24.1 Å². The van der Waals surface area contributed by atoms with Crippen molar-refractivity contribution < 1.29 is 0 Å². The molecule has 82 valence electrons. The summed E-state index contributed by atoms with van der Waals surface area (Å²) < 4.78 is 0. The number of anilines is 2. The van der Waals surface area contributed by atoms with Gasteiger partial charge in [-0.1, -0.05) is 19.8 Å². The number of nitrogens with two attached hydrogens (primary N) is 1. The second-order valence-corrected chi connectivity index (χ2v) is 4.67. The van der Waals surface area contributed by atoms with Crippen molar-refractivity contribution in [2.24, 2.45) is 11.8 Å². The summed E-state index contributed by atoms with van der Waals surface area (Å²) >= 11 is 0. The molecule has 0 amide bonds. The van der Waals surface area contributed by atoms with Crippen molar-refractivity contribution in [1.29, 1.82) is 0 Å². The van der Waals surface area contributed by atoms with Gasteiger partial charge in [0.05, 0.1) is 0 Å². The van der Waals surface area contributed by atoms with E-state index >= 15 is 0 Å². The van der Waals surface area contributed by atoms with Gasteiger partial charge in [0.1, 0.15) is 0 Å². The largest absolute Gasteiger partial charge is 0.399 e. The maximum absolute atomic E-state index is 5.64. The SMILES string of the molecule is CC1CCCC1CNc1ccc(N)cc1. The van der Waals surface area contributed by atoms with Gasteiger partial charge in [-0.2, -0.15) is 0 Å². The Balaban J connectivity index is 1.85. The highest BCUT2D eigenvalue weighted by molar-refractivity contribution is 5.51. The molecule has 1 aromatic carbocycles. The quantitative estimate of drug-likeness (QED) is 0.742. The highest BCUT2D eigenvalue weighted by Crippen LogP contribution is 2.31. The van der Waals surface area contributed by atoms with Crippen LogP contribution in [-0.2, 0) is 0 Å². The molecule has 2 nitrogen and oxygen atoms in total. The Morgan fingerprint density at radius 1 is 1.27 bits per heavy atom. The first-order chi connectivity index (χ1) is 7.25. The first-order valence-corrected chi connectivity index (χ1v) is 5.85. The van der Waals surface area contributed by atoms with Gasteiger partial charge in [-0.15, -0.1) is 0 Å². The van der Waals surface area contributed by atoms with Crippen LogP contribution in [0.5, 0.6) is 0 Å². The molecule has 2 rings (SSSR count). The van der Waals surface area contributed by atoms with E-state index in [0.29, 0.717) is 0 Å². The Morgan fingerprint density at radius 3 is 2.60 bits per heavy atom. The standard InChI is InChI=1S/C13H20N2/c1-10-3-2-4-11(10)9-15-13-7-5-12(14)6-8-13/h5-8,10-11,15H,2-4,9,14H2,1H3. The predicted octanol–water partition coefficient (Wildman–Crippen LogP) is 3.12. The zero-order chi connectivity index (χ0) is 10.7. The van der Waals surface area contributed by atoms with Crippen molar-refractivity contribution in [2.45, 2.75) is 26.2 Å².